The SMILES string of the molecule is CCCC1(CCC)CN(C)C1=O. The summed E-state index contributed by atoms with van der Waals surface area (Å²) >= 11 is 0. The summed E-state index contributed by atoms with van der Waals surface area (Å²) in [6.07, 6.45) is 4.40. The molecule has 1 heterocycles. The molecule has 1 fully saturated rings. The molecule has 0 unspecified atom stereocenters. The highest BCUT2D eigenvalue weighted by atomic mass is 16.2. The van der Waals surface area contributed by atoms with Crippen LogP contribution in [-0.2, 0) is 4.79 Å². The zero-order chi connectivity index (χ0) is 9.19. The van der Waals surface area contributed by atoms with Crippen LogP contribution in [0.3, 0.4) is 0 Å². The van der Waals surface area contributed by atoms with Gasteiger partial charge in [0.1, 0.15) is 0 Å². The Balaban J connectivity index is 2.57. The number of carbonyl (C=O) groups is 1. The molecule has 0 aromatic rings. The van der Waals surface area contributed by atoms with Crippen molar-refractivity contribution in [1.82, 2.24) is 4.90 Å². The molecule has 2 nitrogen and oxygen atoms in total. The van der Waals surface area contributed by atoms with Crippen molar-refractivity contribution in [2.45, 2.75) is 39.5 Å². The van der Waals surface area contributed by atoms with Gasteiger partial charge in [-0.05, 0) is 12.8 Å². The molecular weight excluding hydrogens is 150 g/mol. The van der Waals surface area contributed by atoms with Crippen LogP contribution in [0.25, 0.3) is 0 Å². The van der Waals surface area contributed by atoms with Gasteiger partial charge in [-0.15, -0.1) is 0 Å². The van der Waals surface area contributed by atoms with Gasteiger partial charge in [-0.1, -0.05) is 26.7 Å². The predicted molar refractivity (Wildman–Crippen MR) is 49.9 cm³/mol. The molecule has 2 heteroatoms. The molecule has 1 rings (SSSR count). The number of amides is 1. The normalized spacial score (nSPS) is 20.9. The summed E-state index contributed by atoms with van der Waals surface area (Å²) in [4.78, 5) is 13.4. The maximum Gasteiger partial charge on any atom is 0.230 e. The van der Waals surface area contributed by atoms with E-state index in [2.05, 4.69) is 13.8 Å². The van der Waals surface area contributed by atoms with Gasteiger partial charge in [0.05, 0.1) is 5.41 Å². The molecule has 12 heavy (non-hydrogen) atoms. The maximum atomic E-state index is 11.6. The standard InChI is InChI=1S/C10H19NO/c1-4-6-10(7-5-2)8-11(3)9(10)12/h4-8H2,1-3H3. The van der Waals surface area contributed by atoms with Gasteiger partial charge in [-0.25, -0.2) is 0 Å². The average Bonchev–Trinajstić information content (AvgIpc) is 2.05. The number of nitrogens with zero attached hydrogens (tertiary/aromatic N) is 1. The van der Waals surface area contributed by atoms with E-state index in [0.29, 0.717) is 5.91 Å². The monoisotopic (exact) mass is 169 g/mol. The Kier molecular flexibility index (Phi) is 2.76. The zero-order valence-electron chi connectivity index (χ0n) is 8.39. The van der Waals surface area contributed by atoms with Crippen LogP contribution in [0.15, 0.2) is 0 Å². The van der Waals surface area contributed by atoms with Gasteiger partial charge in [0, 0.05) is 13.6 Å². The lowest BCUT2D eigenvalue weighted by Gasteiger charge is -2.47. The van der Waals surface area contributed by atoms with Crippen LogP contribution < -0.4 is 0 Å². The third-order valence-corrected chi connectivity index (χ3v) is 2.80. The smallest absolute Gasteiger partial charge is 0.230 e. The van der Waals surface area contributed by atoms with Crippen molar-refractivity contribution in [3.05, 3.63) is 0 Å². The summed E-state index contributed by atoms with van der Waals surface area (Å²) in [5.74, 6) is 0.367. The number of likely N-dealkylation sites (tertiary alicyclic amines) is 1. The summed E-state index contributed by atoms with van der Waals surface area (Å²) in [6, 6.07) is 0. The molecule has 0 aliphatic carbocycles. The van der Waals surface area contributed by atoms with Crippen LogP contribution in [0.1, 0.15) is 39.5 Å². The molecule has 0 bridgehead atoms. The molecule has 0 N–H and O–H groups in total. The van der Waals surface area contributed by atoms with E-state index in [0.717, 1.165) is 32.2 Å². The number of hydrogen-bond acceptors (Lipinski definition) is 1. The van der Waals surface area contributed by atoms with Crippen LogP contribution in [0.5, 0.6) is 0 Å². The minimum absolute atomic E-state index is 0.0399. The van der Waals surface area contributed by atoms with Crippen molar-refractivity contribution < 1.29 is 4.79 Å². The van der Waals surface area contributed by atoms with Gasteiger partial charge in [-0.2, -0.15) is 0 Å². The van der Waals surface area contributed by atoms with Crippen LogP contribution >= 0.6 is 0 Å². The topological polar surface area (TPSA) is 20.3 Å². The molecule has 70 valence electrons. The third kappa shape index (κ3) is 1.35. The molecule has 0 atom stereocenters. The van der Waals surface area contributed by atoms with Crippen molar-refractivity contribution >= 4 is 5.91 Å². The van der Waals surface area contributed by atoms with Gasteiger partial charge in [0.25, 0.3) is 0 Å². The number of β-lactam (4-membered cyclic amide) rings is 1. The molecule has 1 aliphatic rings. The zero-order valence-corrected chi connectivity index (χ0v) is 8.39. The highest BCUT2D eigenvalue weighted by molar-refractivity contribution is 5.88. The number of hydrogen-bond donors (Lipinski definition) is 0. The van der Waals surface area contributed by atoms with E-state index < -0.39 is 0 Å². The van der Waals surface area contributed by atoms with Crippen LogP contribution in [0, 0.1) is 5.41 Å². The third-order valence-electron chi connectivity index (χ3n) is 2.80. The lowest BCUT2D eigenvalue weighted by atomic mass is 9.72. The van der Waals surface area contributed by atoms with Crippen LogP contribution in [-0.4, -0.2) is 24.4 Å². The molecule has 0 spiro atoms. The Morgan fingerprint density at radius 2 is 1.83 bits per heavy atom. The first-order chi connectivity index (χ1) is 5.66. The van der Waals surface area contributed by atoms with Crippen molar-refractivity contribution in [2.75, 3.05) is 13.6 Å². The van der Waals surface area contributed by atoms with E-state index in [1.54, 1.807) is 0 Å². The highest BCUT2D eigenvalue weighted by Gasteiger charge is 2.48. The maximum absolute atomic E-state index is 11.6. The second kappa shape index (κ2) is 3.46. The molecule has 0 saturated carbocycles. The van der Waals surface area contributed by atoms with Crippen molar-refractivity contribution in [1.29, 1.82) is 0 Å². The summed E-state index contributed by atoms with van der Waals surface area (Å²) in [6.45, 7) is 5.29. The largest absolute Gasteiger partial charge is 0.344 e. The Morgan fingerprint density at radius 1 is 1.33 bits per heavy atom. The van der Waals surface area contributed by atoms with E-state index in [-0.39, 0.29) is 5.41 Å². The molecule has 0 aromatic heterocycles. The van der Waals surface area contributed by atoms with Gasteiger partial charge in [0.2, 0.25) is 5.91 Å². The van der Waals surface area contributed by atoms with E-state index in [4.69, 9.17) is 0 Å². The second-order valence-corrected chi connectivity index (χ2v) is 3.94. The molecular formula is C10H19NO. The Labute approximate surface area is 74.9 Å². The van der Waals surface area contributed by atoms with E-state index in [1.807, 2.05) is 11.9 Å². The number of rotatable bonds is 4. The van der Waals surface area contributed by atoms with Crippen molar-refractivity contribution in [2.24, 2.45) is 5.41 Å². The minimum atomic E-state index is 0.0399. The first-order valence-electron chi connectivity index (χ1n) is 4.92. The summed E-state index contributed by atoms with van der Waals surface area (Å²) in [5, 5.41) is 0. The van der Waals surface area contributed by atoms with E-state index in [1.165, 1.54) is 0 Å². The van der Waals surface area contributed by atoms with Gasteiger partial charge >= 0.3 is 0 Å². The molecule has 0 aromatic carbocycles. The van der Waals surface area contributed by atoms with Crippen LogP contribution in [0.2, 0.25) is 0 Å². The van der Waals surface area contributed by atoms with Crippen molar-refractivity contribution in [3.63, 3.8) is 0 Å². The van der Waals surface area contributed by atoms with Gasteiger partial charge in [-0.3, -0.25) is 4.79 Å². The lowest BCUT2D eigenvalue weighted by Crippen LogP contribution is -2.59. The molecule has 1 saturated heterocycles. The van der Waals surface area contributed by atoms with E-state index >= 15 is 0 Å². The lowest BCUT2D eigenvalue weighted by molar-refractivity contribution is -0.159. The summed E-state index contributed by atoms with van der Waals surface area (Å²) < 4.78 is 0. The fourth-order valence-electron chi connectivity index (χ4n) is 2.36. The predicted octanol–water partition coefficient (Wildman–Crippen LogP) is 2.04. The van der Waals surface area contributed by atoms with Crippen molar-refractivity contribution in [3.8, 4) is 0 Å². The Hall–Kier alpha value is -0.530. The first-order valence-corrected chi connectivity index (χ1v) is 4.92. The van der Waals surface area contributed by atoms with Crippen LogP contribution in [0.4, 0.5) is 0 Å². The summed E-state index contributed by atoms with van der Waals surface area (Å²) in [5.41, 5.74) is 0.0399. The molecule has 0 radical (unpaired) electrons. The molecule has 1 aliphatic heterocycles. The second-order valence-electron chi connectivity index (χ2n) is 3.94. The van der Waals surface area contributed by atoms with E-state index in [9.17, 15) is 4.79 Å². The summed E-state index contributed by atoms with van der Waals surface area (Å²) in [7, 11) is 1.89. The van der Waals surface area contributed by atoms with Gasteiger partial charge < -0.3 is 4.90 Å². The first kappa shape index (κ1) is 9.56. The highest BCUT2D eigenvalue weighted by Crippen LogP contribution is 2.39. The fourth-order valence-corrected chi connectivity index (χ4v) is 2.36. The van der Waals surface area contributed by atoms with Gasteiger partial charge in [0.15, 0.2) is 0 Å². The average molecular weight is 169 g/mol. The number of carbonyl (C=O) groups excluding carboxylic acids is 1. The Bertz CT molecular complexity index is 165. The quantitative estimate of drug-likeness (QED) is 0.590. The fraction of sp³-hybridized carbons (Fsp3) is 0.900. The Morgan fingerprint density at radius 3 is 2.08 bits per heavy atom. The molecule has 1 amide bonds. The minimum Gasteiger partial charge on any atom is -0.344 e.